The Bertz CT molecular complexity index is 762. The van der Waals surface area contributed by atoms with E-state index in [1.165, 1.54) is 4.88 Å². The molecule has 0 fully saturated rings. The summed E-state index contributed by atoms with van der Waals surface area (Å²) < 4.78 is 0. The van der Waals surface area contributed by atoms with Crippen molar-refractivity contribution in [1.29, 1.82) is 0 Å². The minimum absolute atomic E-state index is 0.103. The molecule has 1 unspecified atom stereocenters. The van der Waals surface area contributed by atoms with Crippen molar-refractivity contribution in [2.75, 3.05) is 5.32 Å². The molecule has 0 spiro atoms. The van der Waals surface area contributed by atoms with Crippen LogP contribution in [0, 0.1) is 6.92 Å². The summed E-state index contributed by atoms with van der Waals surface area (Å²) in [5.41, 5.74) is 0.571. The molecule has 0 saturated carbocycles. The van der Waals surface area contributed by atoms with Crippen molar-refractivity contribution in [3.63, 3.8) is 0 Å². The van der Waals surface area contributed by atoms with Crippen molar-refractivity contribution < 1.29 is 9.59 Å². The predicted molar refractivity (Wildman–Crippen MR) is 103 cm³/mol. The second kappa shape index (κ2) is 7.70. The minimum Gasteiger partial charge on any atom is -0.347 e. The van der Waals surface area contributed by atoms with E-state index in [9.17, 15) is 9.59 Å². The molecule has 25 heavy (non-hydrogen) atoms. The zero-order valence-corrected chi connectivity index (χ0v) is 16.1. The Morgan fingerprint density at radius 2 is 1.76 bits per heavy atom. The molecular weight excluding hydrogens is 334 g/mol. The molecule has 0 saturated heterocycles. The topological polar surface area (TPSA) is 70.2 Å². The van der Waals surface area contributed by atoms with Crippen LogP contribution in [0.25, 0.3) is 0 Å². The van der Waals surface area contributed by atoms with Gasteiger partial charge in [0.25, 0.3) is 5.91 Å². The van der Waals surface area contributed by atoms with Crippen LogP contribution in [0.1, 0.15) is 53.8 Å². The van der Waals surface area contributed by atoms with Gasteiger partial charge in [-0.25, -0.2) is 4.79 Å². The van der Waals surface area contributed by atoms with E-state index < -0.39 is 0 Å². The summed E-state index contributed by atoms with van der Waals surface area (Å²) in [6.45, 7) is 9.71. The highest BCUT2D eigenvalue weighted by Crippen LogP contribution is 2.22. The van der Waals surface area contributed by atoms with Gasteiger partial charge < -0.3 is 16.0 Å². The lowest BCUT2D eigenvalue weighted by Crippen LogP contribution is -2.41. The molecule has 134 valence electrons. The fourth-order valence-corrected chi connectivity index (χ4v) is 3.19. The first-order valence-electron chi connectivity index (χ1n) is 8.21. The molecule has 0 bridgehead atoms. The maximum Gasteiger partial charge on any atom is 0.319 e. The summed E-state index contributed by atoms with van der Waals surface area (Å²) in [6.07, 6.45) is 0. The van der Waals surface area contributed by atoms with Crippen LogP contribution in [-0.4, -0.2) is 17.5 Å². The lowest BCUT2D eigenvalue weighted by Gasteiger charge is -2.22. The van der Waals surface area contributed by atoms with Gasteiger partial charge in [-0.2, -0.15) is 0 Å². The number of thiophene rings is 1. The normalized spacial score (nSPS) is 12.4. The fraction of sp³-hybridized carbons (Fsp3) is 0.368. The molecule has 2 rings (SSSR count). The maximum absolute atomic E-state index is 12.4. The summed E-state index contributed by atoms with van der Waals surface area (Å²) in [7, 11) is 0. The largest absolute Gasteiger partial charge is 0.347 e. The summed E-state index contributed by atoms with van der Waals surface area (Å²) in [5.74, 6) is -0.217. The molecule has 1 atom stereocenters. The van der Waals surface area contributed by atoms with Crippen molar-refractivity contribution in [2.45, 2.75) is 46.2 Å². The van der Waals surface area contributed by atoms with Crippen LogP contribution in [0.3, 0.4) is 0 Å². The van der Waals surface area contributed by atoms with Gasteiger partial charge in [-0.3, -0.25) is 4.79 Å². The van der Waals surface area contributed by atoms with E-state index in [-0.39, 0.29) is 23.5 Å². The highest BCUT2D eigenvalue weighted by Gasteiger charge is 2.19. The quantitative estimate of drug-likeness (QED) is 0.754. The number of urea groups is 1. The van der Waals surface area contributed by atoms with Gasteiger partial charge in [0.05, 0.1) is 17.3 Å². The Hall–Kier alpha value is -2.34. The van der Waals surface area contributed by atoms with Gasteiger partial charge >= 0.3 is 6.03 Å². The van der Waals surface area contributed by atoms with Gasteiger partial charge in [0.1, 0.15) is 0 Å². The molecule has 0 aliphatic heterocycles. The molecule has 1 heterocycles. The van der Waals surface area contributed by atoms with Crippen LogP contribution in [-0.2, 0) is 0 Å². The molecule has 2 aromatic rings. The summed E-state index contributed by atoms with van der Waals surface area (Å²) in [4.78, 5) is 27.0. The van der Waals surface area contributed by atoms with Crippen LogP contribution >= 0.6 is 11.3 Å². The van der Waals surface area contributed by atoms with Gasteiger partial charge in [0, 0.05) is 15.3 Å². The average Bonchev–Trinajstić information content (AvgIpc) is 2.92. The second-order valence-corrected chi connectivity index (χ2v) is 8.34. The number of amides is 3. The SMILES string of the molecule is Cc1ccc(C(C)NC(=O)Nc2ccccc2C(=O)NC(C)(C)C)s1. The standard InChI is InChI=1S/C19H25N3O2S/c1-12-10-11-16(25-12)13(2)20-18(24)21-15-9-7-6-8-14(15)17(23)22-19(3,4)5/h6-11,13H,1-5H3,(H,22,23)(H2,20,21,24). The first-order chi connectivity index (χ1) is 11.7. The smallest absolute Gasteiger partial charge is 0.319 e. The van der Waals surface area contributed by atoms with Crippen molar-refractivity contribution >= 4 is 29.0 Å². The molecule has 3 N–H and O–H groups in total. The Morgan fingerprint density at radius 3 is 2.36 bits per heavy atom. The number of aryl methyl sites for hydroxylation is 1. The number of nitrogens with one attached hydrogen (secondary N) is 3. The number of rotatable bonds is 4. The van der Waals surface area contributed by atoms with Crippen molar-refractivity contribution in [3.05, 3.63) is 51.7 Å². The van der Waals surface area contributed by atoms with Gasteiger partial charge in [-0.1, -0.05) is 12.1 Å². The van der Waals surface area contributed by atoms with E-state index in [0.717, 1.165) is 4.88 Å². The summed E-state index contributed by atoms with van der Waals surface area (Å²) in [6, 6.07) is 10.6. The molecule has 0 aliphatic rings. The van der Waals surface area contributed by atoms with E-state index in [4.69, 9.17) is 0 Å². The summed E-state index contributed by atoms with van der Waals surface area (Å²) in [5, 5.41) is 8.59. The number of hydrogen-bond donors (Lipinski definition) is 3. The van der Waals surface area contributed by atoms with Gasteiger partial charge in [-0.05, 0) is 58.9 Å². The fourth-order valence-electron chi connectivity index (χ4n) is 2.31. The van der Waals surface area contributed by atoms with Crippen LogP contribution in [0.15, 0.2) is 36.4 Å². The molecule has 5 nitrogen and oxygen atoms in total. The Morgan fingerprint density at radius 1 is 1.08 bits per heavy atom. The number of benzene rings is 1. The summed E-state index contributed by atoms with van der Waals surface area (Å²) >= 11 is 1.65. The predicted octanol–water partition coefficient (Wildman–Crippen LogP) is 4.47. The Balaban J connectivity index is 2.07. The third kappa shape index (κ3) is 5.60. The van der Waals surface area contributed by atoms with Gasteiger partial charge in [-0.15, -0.1) is 11.3 Å². The van der Waals surface area contributed by atoms with Crippen molar-refractivity contribution in [3.8, 4) is 0 Å². The van der Waals surface area contributed by atoms with E-state index in [2.05, 4.69) is 16.0 Å². The number of carbonyl (C=O) groups is 2. The first kappa shape index (κ1) is 19.0. The molecule has 6 heteroatoms. The van der Waals surface area contributed by atoms with Crippen LogP contribution in [0.5, 0.6) is 0 Å². The first-order valence-corrected chi connectivity index (χ1v) is 9.03. The molecule has 0 aliphatic carbocycles. The van der Waals surface area contributed by atoms with Crippen LogP contribution in [0.4, 0.5) is 10.5 Å². The molecule has 1 aromatic heterocycles. The lowest BCUT2D eigenvalue weighted by atomic mass is 10.1. The molecular formula is C19H25N3O2S. The van der Waals surface area contributed by atoms with Gasteiger partial charge in [0.15, 0.2) is 0 Å². The van der Waals surface area contributed by atoms with E-state index in [1.54, 1.807) is 35.6 Å². The zero-order valence-electron chi connectivity index (χ0n) is 15.3. The minimum atomic E-state index is -0.349. The highest BCUT2D eigenvalue weighted by atomic mass is 32.1. The lowest BCUT2D eigenvalue weighted by molar-refractivity contribution is 0.0920. The molecule has 3 amide bonds. The number of anilines is 1. The van der Waals surface area contributed by atoms with Crippen LogP contribution in [0.2, 0.25) is 0 Å². The monoisotopic (exact) mass is 359 g/mol. The number of carbonyl (C=O) groups excluding carboxylic acids is 2. The van der Waals surface area contributed by atoms with Crippen molar-refractivity contribution in [1.82, 2.24) is 10.6 Å². The molecule has 1 aromatic carbocycles. The number of para-hydroxylation sites is 1. The third-order valence-electron chi connectivity index (χ3n) is 3.44. The van der Waals surface area contributed by atoms with E-state index in [0.29, 0.717) is 11.3 Å². The third-order valence-corrected chi connectivity index (χ3v) is 4.63. The second-order valence-electron chi connectivity index (χ2n) is 7.02. The zero-order chi connectivity index (χ0) is 18.6. The highest BCUT2D eigenvalue weighted by molar-refractivity contribution is 7.12. The van der Waals surface area contributed by atoms with Gasteiger partial charge in [0.2, 0.25) is 0 Å². The van der Waals surface area contributed by atoms with Crippen LogP contribution < -0.4 is 16.0 Å². The Labute approximate surface area is 152 Å². The molecule has 0 radical (unpaired) electrons. The van der Waals surface area contributed by atoms with Crippen molar-refractivity contribution in [2.24, 2.45) is 0 Å². The average molecular weight is 359 g/mol. The Kier molecular flexibility index (Phi) is 5.85. The number of hydrogen-bond acceptors (Lipinski definition) is 3. The maximum atomic E-state index is 12.4. The van der Waals surface area contributed by atoms with E-state index in [1.807, 2.05) is 46.8 Å². The van der Waals surface area contributed by atoms with E-state index >= 15 is 0 Å².